The maximum atomic E-state index is 14.9. The minimum atomic E-state index is -1.76. The highest BCUT2D eigenvalue weighted by molar-refractivity contribution is 6.05. The highest BCUT2D eigenvalue weighted by Crippen LogP contribution is 2.27. The molecule has 3 aliphatic rings. The Balaban J connectivity index is 1.87. The summed E-state index contributed by atoms with van der Waals surface area (Å²) in [5.41, 5.74) is 0.569. The molecule has 5 unspecified atom stereocenters. The zero-order valence-corrected chi connectivity index (χ0v) is 48.1. The Hall–Kier alpha value is -6.16. The number of hydrogen-bond acceptors (Lipinski definition) is 15. The van der Waals surface area contributed by atoms with E-state index in [1.165, 1.54) is 61.6 Å². The summed E-state index contributed by atoms with van der Waals surface area (Å²) in [6.07, 6.45) is -5.36. The number of Topliss-reactive ketones (excluding diaryl/α,β-unsaturated/α-hetero) is 1. The van der Waals surface area contributed by atoms with Gasteiger partial charge in [0.15, 0.2) is 11.9 Å². The van der Waals surface area contributed by atoms with E-state index in [1.54, 1.807) is 52.0 Å². The topological polar surface area (TPSA) is 288 Å². The molecule has 22 nitrogen and oxygen atoms in total. The molecule has 12 atom stereocenters. The molecule has 1 aromatic rings. The third kappa shape index (κ3) is 16.5. The molecule has 0 spiro atoms. The minimum absolute atomic E-state index is 0.0711. The van der Waals surface area contributed by atoms with Crippen molar-refractivity contribution in [3.05, 3.63) is 29.8 Å². The Morgan fingerprint density at radius 3 is 2.03 bits per heavy atom. The summed E-state index contributed by atoms with van der Waals surface area (Å²) < 4.78 is 17.2. The summed E-state index contributed by atoms with van der Waals surface area (Å²) in [6.45, 7) is 18.2. The number of ketones is 1. The van der Waals surface area contributed by atoms with Gasteiger partial charge in [-0.25, -0.2) is 4.79 Å². The van der Waals surface area contributed by atoms with Crippen LogP contribution in [0.3, 0.4) is 0 Å². The molecule has 1 aromatic carbocycles. The second kappa shape index (κ2) is 28.6. The number of fused-ring (bicyclic) bond motifs is 1. The molecular weight excluding hydrogens is 1010 g/mol. The molecule has 3 aliphatic heterocycles. The van der Waals surface area contributed by atoms with Crippen molar-refractivity contribution in [3.63, 3.8) is 0 Å². The van der Waals surface area contributed by atoms with E-state index < -0.39 is 150 Å². The molecule has 3 saturated heterocycles. The van der Waals surface area contributed by atoms with Crippen LogP contribution in [-0.4, -0.2) is 190 Å². The van der Waals surface area contributed by atoms with E-state index in [0.717, 1.165) is 0 Å². The van der Waals surface area contributed by atoms with Crippen molar-refractivity contribution in [2.24, 2.45) is 29.6 Å². The summed E-state index contributed by atoms with van der Waals surface area (Å²) in [4.78, 5) is 148. The molecule has 5 N–H and O–H groups in total. The van der Waals surface area contributed by atoms with Gasteiger partial charge in [-0.15, -0.1) is 0 Å². The Kier molecular flexibility index (Phi) is 23.6. The molecule has 3 heterocycles. The maximum absolute atomic E-state index is 14.9. The number of ether oxygens (including phenoxy) is 3. The monoisotopic (exact) mass is 1100 g/mol. The number of cyclic esters (lactones) is 2. The van der Waals surface area contributed by atoms with Gasteiger partial charge in [0.25, 0.3) is 5.91 Å². The molecule has 7 amide bonds. The molecule has 78 heavy (non-hydrogen) atoms. The molecule has 22 heteroatoms. The van der Waals surface area contributed by atoms with E-state index >= 15 is 0 Å². The first-order valence-corrected chi connectivity index (χ1v) is 27.5. The van der Waals surface area contributed by atoms with Crippen LogP contribution in [0.1, 0.15) is 127 Å². The number of methoxy groups -OCH3 is 1. The average Bonchev–Trinajstić information content (AvgIpc) is 4.08. The van der Waals surface area contributed by atoms with Gasteiger partial charge in [-0.2, -0.15) is 0 Å². The van der Waals surface area contributed by atoms with Crippen LogP contribution < -0.4 is 20.7 Å². The number of nitrogens with one attached hydrogen (secondary N) is 3. The maximum Gasteiger partial charge on any atom is 0.329 e. The van der Waals surface area contributed by atoms with Crippen LogP contribution in [0.4, 0.5) is 0 Å². The number of nitrogens with zero attached hydrogens (tertiary/aromatic N) is 4. The predicted molar refractivity (Wildman–Crippen MR) is 286 cm³/mol. The fourth-order valence-corrected chi connectivity index (χ4v) is 10.4. The van der Waals surface area contributed by atoms with E-state index in [2.05, 4.69) is 16.0 Å². The van der Waals surface area contributed by atoms with Crippen molar-refractivity contribution in [1.29, 1.82) is 0 Å². The fraction of sp³-hybridized carbons (Fsp3) is 0.714. The van der Waals surface area contributed by atoms with Crippen molar-refractivity contribution in [3.8, 4) is 5.75 Å². The number of aliphatic hydroxyl groups excluding tert-OH is 2. The quantitative estimate of drug-likeness (QED) is 0.131. The van der Waals surface area contributed by atoms with Crippen LogP contribution in [0.5, 0.6) is 5.75 Å². The molecule has 4 rings (SSSR count). The Labute approximate surface area is 459 Å². The van der Waals surface area contributed by atoms with Crippen LogP contribution in [0.25, 0.3) is 0 Å². The van der Waals surface area contributed by atoms with Crippen LogP contribution in [0.2, 0.25) is 0 Å². The summed E-state index contributed by atoms with van der Waals surface area (Å²) in [7, 11) is 4.28. The minimum Gasteiger partial charge on any atom is -0.497 e. The third-order valence-electron chi connectivity index (χ3n) is 14.9. The first-order valence-electron chi connectivity index (χ1n) is 27.5. The van der Waals surface area contributed by atoms with E-state index in [0.29, 0.717) is 24.2 Å². The number of hydrogen-bond donors (Lipinski definition) is 5. The first-order chi connectivity index (χ1) is 36.5. The van der Waals surface area contributed by atoms with Crippen molar-refractivity contribution >= 4 is 59.1 Å². The molecular formula is C56H87N7O15. The smallest absolute Gasteiger partial charge is 0.329 e. The number of carbonyl (C=O) groups is 10. The Morgan fingerprint density at radius 1 is 0.833 bits per heavy atom. The van der Waals surface area contributed by atoms with Crippen molar-refractivity contribution < 1.29 is 72.4 Å². The highest BCUT2D eigenvalue weighted by atomic mass is 16.6. The molecule has 436 valence electrons. The normalized spacial score (nSPS) is 27.5. The molecule has 3 fully saturated rings. The van der Waals surface area contributed by atoms with Crippen LogP contribution >= 0.6 is 0 Å². The second-order valence-corrected chi connectivity index (χ2v) is 22.8. The van der Waals surface area contributed by atoms with Gasteiger partial charge in [-0.05, 0) is 101 Å². The highest BCUT2D eigenvalue weighted by Gasteiger charge is 2.46. The van der Waals surface area contributed by atoms with E-state index in [9.17, 15) is 58.2 Å². The molecule has 0 bridgehead atoms. The van der Waals surface area contributed by atoms with E-state index in [4.69, 9.17) is 14.2 Å². The van der Waals surface area contributed by atoms with Gasteiger partial charge in [-0.1, -0.05) is 67.5 Å². The summed E-state index contributed by atoms with van der Waals surface area (Å²) in [5.74, 6) is -10.3. The number of esters is 2. The number of aliphatic hydroxyl groups is 2. The lowest BCUT2D eigenvalue weighted by atomic mass is 9.92. The van der Waals surface area contributed by atoms with E-state index in [1.807, 2.05) is 27.7 Å². The van der Waals surface area contributed by atoms with Crippen LogP contribution in [-0.2, 0) is 63.8 Å². The Bertz CT molecular complexity index is 2310. The zero-order chi connectivity index (χ0) is 58.6. The second-order valence-electron chi connectivity index (χ2n) is 22.8. The van der Waals surface area contributed by atoms with Gasteiger partial charge in [0.2, 0.25) is 35.4 Å². The van der Waals surface area contributed by atoms with Gasteiger partial charge in [0, 0.05) is 33.6 Å². The van der Waals surface area contributed by atoms with Crippen molar-refractivity contribution in [1.82, 2.24) is 35.6 Å². The van der Waals surface area contributed by atoms with Crippen molar-refractivity contribution in [2.45, 2.75) is 194 Å². The predicted octanol–water partition coefficient (Wildman–Crippen LogP) is 1.93. The SMILES string of the molecule is COc1ccc(C[C@H]2C(=O)O[C@H](C)C(NC(=O)[C@@H](CC(C)C)N(C)C(=O)[C@@H]3CCCN3C(=O)C(C)O)C(=O)NC(C(C)C)[C@@H](O)CC(=O)O[C@@H](C(C)C)C(=O)C(C)C(=O)N[C@@H](CC(C)C)C(=O)N3CCCC3C(=O)N2C)cc1. The van der Waals surface area contributed by atoms with Crippen LogP contribution in [0.15, 0.2) is 24.3 Å². The number of likely N-dealkylation sites (N-methyl/N-ethyl adjacent to an activating group) is 2. The van der Waals surface area contributed by atoms with Gasteiger partial charge in [-0.3, -0.25) is 43.2 Å². The summed E-state index contributed by atoms with van der Waals surface area (Å²) >= 11 is 0. The number of rotatable bonds is 14. The number of amides is 7. The first kappa shape index (κ1) is 64.4. The zero-order valence-electron chi connectivity index (χ0n) is 48.1. The average molecular weight is 1100 g/mol. The Morgan fingerprint density at radius 2 is 1.46 bits per heavy atom. The molecule has 0 aromatic heterocycles. The van der Waals surface area contributed by atoms with Gasteiger partial charge in [0.1, 0.15) is 54.2 Å². The summed E-state index contributed by atoms with van der Waals surface area (Å²) in [6, 6.07) is -2.21. The molecule has 0 aliphatic carbocycles. The van der Waals surface area contributed by atoms with Gasteiger partial charge < -0.3 is 60.0 Å². The lowest BCUT2D eigenvalue weighted by Gasteiger charge is -2.36. The lowest BCUT2D eigenvalue weighted by Crippen LogP contribution is -2.62. The number of benzene rings is 1. The van der Waals surface area contributed by atoms with E-state index in [-0.39, 0.29) is 57.0 Å². The van der Waals surface area contributed by atoms with Crippen LogP contribution in [0, 0.1) is 29.6 Å². The lowest BCUT2D eigenvalue weighted by molar-refractivity contribution is -0.163. The largest absolute Gasteiger partial charge is 0.497 e. The van der Waals surface area contributed by atoms with Crippen molar-refractivity contribution in [2.75, 3.05) is 34.3 Å². The standard InChI is InChI=1S/C56H87N7O15/c1-29(2)25-38-53(72)63-24-16-18-40(63)55(74)61(13)42(27-36-19-21-37(76-14)22-20-36)56(75)77-35(11)46(59-50(69)41(26-30(3)4)60(12)54(73)39-17-15-23-62(39)52(71)34(10)64)51(70)58-45(31(5)6)43(65)28-44(66)78-48(32(7)8)47(67)33(9)49(68)57-38/h19-22,29-35,38-43,45-46,48,64-65H,15-18,23-28H2,1-14H3,(H,57,68)(H,58,70)(H,59,69)/t33?,34?,35-,38+,39+,40?,41-,42+,43+,45?,46?,48+/m1/s1. The third-order valence-corrected chi connectivity index (χ3v) is 14.9. The van der Waals surface area contributed by atoms with Gasteiger partial charge >= 0.3 is 11.9 Å². The molecule has 0 radical (unpaired) electrons. The van der Waals surface area contributed by atoms with Gasteiger partial charge in [0.05, 0.1) is 31.6 Å². The number of carbonyl (C=O) groups excluding carboxylic acids is 10. The number of likely N-dealkylation sites (tertiary alicyclic amines) is 1. The fourth-order valence-electron chi connectivity index (χ4n) is 10.4. The summed E-state index contributed by atoms with van der Waals surface area (Å²) in [5, 5.41) is 30.0. The molecule has 0 saturated carbocycles.